The van der Waals surface area contributed by atoms with Crippen LogP contribution in [0.15, 0.2) is 52.3 Å². The molecule has 0 atom stereocenters. The van der Waals surface area contributed by atoms with Crippen molar-refractivity contribution in [1.82, 2.24) is 0 Å². The quantitative estimate of drug-likeness (QED) is 0.791. The number of allylic oxidation sites excluding steroid dienone is 1. The smallest absolute Gasteiger partial charge is 0.416 e. The highest BCUT2D eigenvalue weighted by Gasteiger charge is 2.32. The SMILES string of the molecule is N#C/C(=C/c1ccc(O)cc1Cl)S(=O)(=O)c1cccc(C(F)(F)F)c1. The molecule has 1 N–H and O–H groups in total. The van der Waals surface area contributed by atoms with E-state index in [0.717, 1.165) is 30.3 Å². The number of phenolic OH excluding ortho intramolecular Hbond substituents is 1. The fraction of sp³-hybridized carbons (Fsp3) is 0.0625. The van der Waals surface area contributed by atoms with Crippen molar-refractivity contribution in [3.8, 4) is 11.8 Å². The molecule has 0 unspecified atom stereocenters. The number of rotatable bonds is 3. The molecule has 0 radical (unpaired) electrons. The van der Waals surface area contributed by atoms with E-state index >= 15 is 0 Å². The molecule has 0 amide bonds. The second-order valence-electron chi connectivity index (χ2n) is 4.86. The highest BCUT2D eigenvalue weighted by Crippen LogP contribution is 2.32. The van der Waals surface area contributed by atoms with Gasteiger partial charge in [-0.05, 0) is 48.0 Å². The molecule has 0 heterocycles. The highest BCUT2D eigenvalue weighted by molar-refractivity contribution is 7.95. The van der Waals surface area contributed by atoms with Crippen LogP contribution >= 0.6 is 11.6 Å². The normalized spacial score (nSPS) is 12.7. The van der Waals surface area contributed by atoms with Gasteiger partial charge < -0.3 is 5.11 Å². The fourth-order valence-electron chi connectivity index (χ4n) is 1.91. The molecule has 0 bridgehead atoms. The number of hydrogen-bond donors (Lipinski definition) is 1. The van der Waals surface area contributed by atoms with E-state index in [2.05, 4.69) is 0 Å². The molecular weight excluding hydrogens is 379 g/mol. The van der Waals surface area contributed by atoms with E-state index in [1.165, 1.54) is 18.2 Å². The molecule has 130 valence electrons. The summed E-state index contributed by atoms with van der Waals surface area (Å²) in [6, 6.07) is 8.19. The summed E-state index contributed by atoms with van der Waals surface area (Å²) in [7, 11) is -4.48. The Balaban J connectivity index is 2.57. The van der Waals surface area contributed by atoms with Crippen molar-refractivity contribution in [2.24, 2.45) is 0 Å². The molecular formula is C16H9ClF3NO3S. The van der Waals surface area contributed by atoms with E-state index in [9.17, 15) is 26.7 Å². The number of nitriles is 1. The second kappa shape index (κ2) is 6.78. The van der Waals surface area contributed by atoms with Crippen molar-refractivity contribution < 1.29 is 26.7 Å². The van der Waals surface area contributed by atoms with Gasteiger partial charge in [-0.3, -0.25) is 0 Å². The maximum absolute atomic E-state index is 12.8. The average molecular weight is 388 g/mol. The van der Waals surface area contributed by atoms with Crippen molar-refractivity contribution in [2.45, 2.75) is 11.1 Å². The van der Waals surface area contributed by atoms with Crippen LogP contribution in [0.5, 0.6) is 5.75 Å². The van der Waals surface area contributed by atoms with E-state index in [0.29, 0.717) is 6.07 Å². The summed E-state index contributed by atoms with van der Waals surface area (Å²) in [5.74, 6) is -0.165. The maximum atomic E-state index is 12.8. The number of nitrogens with zero attached hydrogens (tertiary/aromatic N) is 1. The molecule has 0 saturated heterocycles. The third-order valence-electron chi connectivity index (χ3n) is 3.14. The van der Waals surface area contributed by atoms with Crippen LogP contribution in [0.25, 0.3) is 6.08 Å². The van der Waals surface area contributed by atoms with Gasteiger partial charge >= 0.3 is 6.18 Å². The lowest BCUT2D eigenvalue weighted by Crippen LogP contribution is -2.08. The molecule has 0 aliphatic heterocycles. The number of phenols is 1. The number of hydrogen-bond acceptors (Lipinski definition) is 4. The minimum Gasteiger partial charge on any atom is -0.508 e. The van der Waals surface area contributed by atoms with E-state index in [4.69, 9.17) is 16.9 Å². The summed E-state index contributed by atoms with van der Waals surface area (Å²) >= 11 is 5.85. The fourth-order valence-corrected chi connectivity index (χ4v) is 3.34. The van der Waals surface area contributed by atoms with E-state index in [1.807, 2.05) is 0 Å². The van der Waals surface area contributed by atoms with Crippen molar-refractivity contribution in [1.29, 1.82) is 5.26 Å². The maximum Gasteiger partial charge on any atom is 0.416 e. The first-order chi connectivity index (χ1) is 11.6. The first kappa shape index (κ1) is 18.8. The summed E-state index contributed by atoms with van der Waals surface area (Å²) in [5, 5.41) is 18.4. The largest absolute Gasteiger partial charge is 0.508 e. The second-order valence-corrected chi connectivity index (χ2v) is 7.18. The number of benzene rings is 2. The first-order valence-corrected chi connectivity index (χ1v) is 8.44. The lowest BCUT2D eigenvalue weighted by molar-refractivity contribution is -0.137. The van der Waals surface area contributed by atoms with Crippen LogP contribution in [-0.4, -0.2) is 13.5 Å². The van der Waals surface area contributed by atoms with Gasteiger partial charge in [-0.2, -0.15) is 18.4 Å². The molecule has 0 aliphatic carbocycles. The Morgan fingerprint density at radius 1 is 1.20 bits per heavy atom. The molecule has 0 fully saturated rings. The highest BCUT2D eigenvalue weighted by atomic mass is 35.5. The number of halogens is 4. The zero-order valence-corrected chi connectivity index (χ0v) is 13.8. The van der Waals surface area contributed by atoms with E-state index in [-0.39, 0.29) is 16.3 Å². The van der Waals surface area contributed by atoms with Crippen molar-refractivity contribution in [2.75, 3.05) is 0 Å². The third kappa shape index (κ3) is 4.13. The Morgan fingerprint density at radius 2 is 1.88 bits per heavy atom. The minimum atomic E-state index is -4.72. The molecule has 0 aromatic heterocycles. The molecule has 0 saturated carbocycles. The van der Waals surface area contributed by atoms with Crippen molar-refractivity contribution >= 4 is 27.5 Å². The van der Waals surface area contributed by atoms with Gasteiger partial charge in [0.1, 0.15) is 16.7 Å². The van der Waals surface area contributed by atoms with Gasteiger partial charge in [-0.1, -0.05) is 17.7 Å². The Labute approximate surface area is 146 Å². The Bertz CT molecular complexity index is 992. The standard InChI is InChI=1S/C16H9ClF3NO3S/c17-15-8-12(22)5-4-10(15)6-14(9-21)25(23,24)13-3-1-2-11(7-13)16(18,19)20/h1-8,22H/b14-6-. The predicted molar refractivity (Wildman–Crippen MR) is 85.3 cm³/mol. The van der Waals surface area contributed by atoms with E-state index < -0.39 is 31.4 Å². The lowest BCUT2D eigenvalue weighted by Gasteiger charge is -2.09. The molecule has 25 heavy (non-hydrogen) atoms. The van der Waals surface area contributed by atoms with Crippen LogP contribution < -0.4 is 0 Å². The van der Waals surface area contributed by atoms with Gasteiger partial charge in [-0.25, -0.2) is 8.42 Å². The topological polar surface area (TPSA) is 78.2 Å². The van der Waals surface area contributed by atoms with Gasteiger partial charge in [0, 0.05) is 0 Å². The van der Waals surface area contributed by atoms with Gasteiger partial charge in [0.05, 0.1) is 15.5 Å². The van der Waals surface area contributed by atoms with Crippen LogP contribution in [-0.2, 0) is 16.0 Å². The summed E-state index contributed by atoms with van der Waals surface area (Å²) < 4.78 is 63.2. The zero-order chi connectivity index (χ0) is 18.8. The van der Waals surface area contributed by atoms with Crippen LogP contribution in [0.2, 0.25) is 5.02 Å². The number of sulfone groups is 1. The van der Waals surface area contributed by atoms with E-state index in [1.54, 1.807) is 0 Å². The van der Waals surface area contributed by atoms with Crippen LogP contribution in [0.4, 0.5) is 13.2 Å². The van der Waals surface area contributed by atoms with Crippen LogP contribution in [0.3, 0.4) is 0 Å². The molecule has 2 rings (SSSR count). The molecule has 4 nitrogen and oxygen atoms in total. The van der Waals surface area contributed by atoms with Gasteiger partial charge in [0.25, 0.3) is 0 Å². The lowest BCUT2D eigenvalue weighted by atomic mass is 10.2. The Hall–Kier alpha value is -2.50. The monoisotopic (exact) mass is 387 g/mol. The van der Waals surface area contributed by atoms with Crippen molar-refractivity contribution in [3.05, 3.63) is 63.5 Å². The summed E-state index contributed by atoms with van der Waals surface area (Å²) in [6.07, 6.45) is -3.79. The van der Waals surface area contributed by atoms with Gasteiger partial charge in [0.15, 0.2) is 0 Å². The zero-order valence-electron chi connectivity index (χ0n) is 12.2. The first-order valence-electron chi connectivity index (χ1n) is 6.58. The summed E-state index contributed by atoms with van der Waals surface area (Å²) in [5.41, 5.74) is -1.03. The Kier molecular flexibility index (Phi) is 5.11. The predicted octanol–water partition coefficient (Wildman–Crippen LogP) is 4.40. The molecule has 0 spiro atoms. The molecule has 9 heteroatoms. The van der Waals surface area contributed by atoms with Crippen molar-refractivity contribution in [3.63, 3.8) is 0 Å². The molecule has 2 aromatic carbocycles. The van der Waals surface area contributed by atoms with Gasteiger partial charge in [0.2, 0.25) is 9.84 Å². The van der Waals surface area contributed by atoms with Crippen LogP contribution in [0, 0.1) is 11.3 Å². The average Bonchev–Trinajstić information content (AvgIpc) is 2.53. The molecule has 2 aromatic rings. The summed E-state index contributed by atoms with van der Waals surface area (Å²) in [4.78, 5) is -1.44. The summed E-state index contributed by atoms with van der Waals surface area (Å²) in [6.45, 7) is 0. The number of aromatic hydroxyl groups is 1. The third-order valence-corrected chi connectivity index (χ3v) is 5.13. The van der Waals surface area contributed by atoms with Gasteiger partial charge in [-0.15, -0.1) is 0 Å². The molecule has 0 aliphatic rings. The number of alkyl halides is 3. The van der Waals surface area contributed by atoms with Crippen LogP contribution in [0.1, 0.15) is 11.1 Å². The Morgan fingerprint density at radius 3 is 2.44 bits per heavy atom. The minimum absolute atomic E-state index is 0.0213.